The van der Waals surface area contributed by atoms with Gasteiger partial charge in [0.1, 0.15) is 0 Å². The molecular formula is C12H24N2O. The molecule has 0 aromatic heterocycles. The Kier molecular flexibility index (Phi) is 4.42. The lowest BCUT2D eigenvalue weighted by atomic mass is 10.1. The van der Waals surface area contributed by atoms with Crippen LogP contribution in [0.4, 0.5) is 0 Å². The van der Waals surface area contributed by atoms with Gasteiger partial charge in [0.15, 0.2) is 0 Å². The molecule has 2 aliphatic rings. The first-order valence-corrected chi connectivity index (χ1v) is 6.39. The molecule has 0 amide bonds. The molecule has 0 radical (unpaired) electrons. The molecule has 2 fully saturated rings. The van der Waals surface area contributed by atoms with Gasteiger partial charge in [-0.2, -0.15) is 0 Å². The molecule has 0 aromatic rings. The quantitative estimate of drug-likeness (QED) is 0.762. The predicted octanol–water partition coefficient (Wildman–Crippen LogP) is 1.24. The number of ether oxygens (including phenoxy) is 1. The molecule has 1 N–H and O–H groups in total. The van der Waals surface area contributed by atoms with E-state index in [0.717, 1.165) is 25.7 Å². The van der Waals surface area contributed by atoms with Crippen molar-refractivity contribution in [1.82, 2.24) is 10.2 Å². The van der Waals surface area contributed by atoms with Gasteiger partial charge < -0.3 is 10.1 Å². The minimum atomic E-state index is 0.498. The summed E-state index contributed by atoms with van der Waals surface area (Å²) in [6, 6.07) is 0.719. The largest absolute Gasteiger partial charge is 0.377 e. The highest BCUT2D eigenvalue weighted by Crippen LogP contribution is 2.16. The standard InChI is InChI=1S/C12H24N2O/c1-14(10-12-6-4-8-15-12)11-5-2-3-7-13-9-11/h11-13H,2-10H2,1H3. The number of hydrogen-bond donors (Lipinski definition) is 1. The second kappa shape index (κ2) is 5.83. The van der Waals surface area contributed by atoms with Crippen LogP contribution in [0.1, 0.15) is 32.1 Å². The van der Waals surface area contributed by atoms with E-state index in [-0.39, 0.29) is 0 Å². The van der Waals surface area contributed by atoms with E-state index in [1.807, 2.05) is 0 Å². The van der Waals surface area contributed by atoms with Crippen molar-refractivity contribution in [3.63, 3.8) is 0 Å². The van der Waals surface area contributed by atoms with E-state index in [2.05, 4.69) is 17.3 Å². The van der Waals surface area contributed by atoms with Crippen molar-refractivity contribution < 1.29 is 4.74 Å². The SMILES string of the molecule is CN(CC1CCCO1)C1CCCCNC1. The van der Waals surface area contributed by atoms with Crippen LogP contribution in [0.3, 0.4) is 0 Å². The lowest BCUT2D eigenvalue weighted by Crippen LogP contribution is -2.42. The Balaban J connectivity index is 1.74. The summed E-state index contributed by atoms with van der Waals surface area (Å²) in [6.45, 7) is 4.45. The van der Waals surface area contributed by atoms with Crippen LogP contribution < -0.4 is 5.32 Å². The Labute approximate surface area is 93.2 Å². The number of hydrogen-bond acceptors (Lipinski definition) is 3. The number of nitrogens with one attached hydrogen (secondary N) is 1. The summed E-state index contributed by atoms with van der Waals surface area (Å²) in [5, 5.41) is 3.52. The molecule has 0 saturated carbocycles. The maximum Gasteiger partial charge on any atom is 0.0702 e. The second-order valence-electron chi connectivity index (χ2n) is 4.93. The van der Waals surface area contributed by atoms with Crippen LogP contribution in [-0.4, -0.2) is 50.3 Å². The Morgan fingerprint density at radius 3 is 3.00 bits per heavy atom. The highest BCUT2D eigenvalue weighted by molar-refractivity contribution is 4.78. The lowest BCUT2D eigenvalue weighted by Gasteiger charge is -2.29. The molecule has 2 atom stereocenters. The molecule has 2 rings (SSSR count). The van der Waals surface area contributed by atoms with Crippen molar-refractivity contribution in [1.29, 1.82) is 0 Å². The number of nitrogens with zero attached hydrogens (tertiary/aromatic N) is 1. The van der Waals surface area contributed by atoms with E-state index in [1.165, 1.54) is 38.6 Å². The van der Waals surface area contributed by atoms with Gasteiger partial charge in [-0.15, -0.1) is 0 Å². The summed E-state index contributed by atoms with van der Waals surface area (Å²) in [5.74, 6) is 0. The second-order valence-corrected chi connectivity index (χ2v) is 4.93. The van der Waals surface area contributed by atoms with Gasteiger partial charge >= 0.3 is 0 Å². The van der Waals surface area contributed by atoms with Crippen molar-refractivity contribution >= 4 is 0 Å². The average molecular weight is 212 g/mol. The third-order valence-electron chi connectivity index (χ3n) is 3.66. The van der Waals surface area contributed by atoms with Gasteiger partial charge in [-0.1, -0.05) is 6.42 Å². The lowest BCUT2D eigenvalue weighted by molar-refractivity contribution is 0.0671. The molecule has 2 saturated heterocycles. The molecule has 3 heteroatoms. The van der Waals surface area contributed by atoms with Crippen LogP contribution in [0.15, 0.2) is 0 Å². The summed E-state index contributed by atoms with van der Waals surface area (Å²) in [4.78, 5) is 2.49. The van der Waals surface area contributed by atoms with Gasteiger partial charge in [0, 0.05) is 25.7 Å². The average Bonchev–Trinajstić information content (AvgIpc) is 2.58. The van der Waals surface area contributed by atoms with Crippen LogP contribution >= 0.6 is 0 Å². The Bertz CT molecular complexity index is 172. The molecule has 2 heterocycles. The van der Waals surface area contributed by atoms with Crippen molar-refractivity contribution in [3.8, 4) is 0 Å². The molecule has 2 aliphatic heterocycles. The van der Waals surface area contributed by atoms with E-state index in [9.17, 15) is 0 Å². The highest BCUT2D eigenvalue weighted by Gasteiger charge is 2.22. The van der Waals surface area contributed by atoms with Crippen LogP contribution in [0.5, 0.6) is 0 Å². The maximum absolute atomic E-state index is 5.68. The number of likely N-dealkylation sites (N-methyl/N-ethyl adjacent to an activating group) is 1. The molecule has 88 valence electrons. The minimum absolute atomic E-state index is 0.498. The molecular weight excluding hydrogens is 188 g/mol. The summed E-state index contributed by atoms with van der Waals surface area (Å²) < 4.78 is 5.68. The molecule has 0 spiro atoms. The van der Waals surface area contributed by atoms with Gasteiger partial charge in [0.25, 0.3) is 0 Å². The van der Waals surface area contributed by atoms with E-state index in [4.69, 9.17) is 4.74 Å². The van der Waals surface area contributed by atoms with Gasteiger partial charge in [0.2, 0.25) is 0 Å². The Morgan fingerprint density at radius 2 is 2.20 bits per heavy atom. The van der Waals surface area contributed by atoms with E-state index >= 15 is 0 Å². The first kappa shape index (κ1) is 11.4. The van der Waals surface area contributed by atoms with Gasteiger partial charge in [-0.25, -0.2) is 0 Å². The van der Waals surface area contributed by atoms with Crippen LogP contribution in [0, 0.1) is 0 Å². The fraction of sp³-hybridized carbons (Fsp3) is 1.00. The van der Waals surface area contributed by atoms with Crippen LogP contribution in [0.2, 0.25) is 0 Å². The third-order valence-corrected chi connectivity index (χ3v) is 3.66. The van der Waals surface area contributed by atoms with E-state index in [1.54, 1.807) is 0 Å². The molecule has 3 nitrogen and oxygen atoms in total. The predicted molar refractivity (Wildman–Crippen MR) is 62.1 cm³/mol. The van der Waals surface area contributed by atoms with Crippen molar-refractivity contribution in [2.45, 2.75) is 44.2 Å². The maximum atomic E-state index is 5.68. The molecule has 2 unspecified atom stereocenters. The zero-order chi connectivity index (χ0) is 10.5. The van der Waals surface area contributed by atoms with Crippen LogP contribution in [0.25, 0.3) is 0 Å². The van der Waals surface area contributed by atoms with Crippen molar-refractivity contribution in [3.05, 3.63) is 0 Å². The van der Waals surface area contributed by atoms with Crippen molar-refractivity contribution in [2.24, 2.45) is 0 Å². The van der Waals surface area contributed by atoms with Gasteiger partial charge in [0.05, 0.1) is 6.10 Å². The first-order chi connectivity index (χ1) is 7.36. The normalized spacial score (nSPS) is 33.2. The van der Waals surface area contributed by atoms with E-state index in [0.29, 0.717) is 6.10 Å². The van der Waals surface area contributed by atoms with Crippen molar-refractivity contribution in [2.75, 3.05) is 33.3 Å². The monoisotopic (exact) mass is 212 g/mol. The van der Waals surface area contributed by atoms with E-state index < -0.39 is 0 Å². The zero-order valence-corrected chi connectivity index (χ0v) is 9.87. The Morgan fingerprint density at radius 1 is 1.27 bits per heavy atom. The topological polar surface area (TPSA) is 24.5 Å². The smallest absolute Gasteiger partial charge is 0.0702 e. The molecule has 0 aliphatic carbocycles. The van der Waals surface area contributed by atoms with Crippen LogP contribution in [-0.2, 0) is 4.74 Å². The summed E-state index contributed by atoms with van der Waals surface area (Å²) in [6.07, 6.45) is 7.05. The first-order valence-electron chi connectivity index (χ1n) is 6.39. The third kappa shape index (κ3) is 3.44. The summed E-state index contributed by atoms with van der Waals surface area (Å²) in [5.41, 5.74) is 0. The number of rotatable bonds is 3. The Hall–Kier alpha value is -0.120. The summed E-state index contributed by atoms with van der Waals surface area (Å²) >= 11 is 0. The fourth-order valence-corrected chi connectivity index (χ4v) is 2.64. The molecule has 0 aromatic carbocycles. The van der Waals surface area contributed by atoms with Gasteiger partial charge in [-0.3, -0.25) is 4.90 Å². The van der Waals surface area contributed by atoms with Gasteiger partial charge in [-0.05, 0) is 39.3 Å². The molecule has 15 heavy (non-hydrogen) atoms. The molecule has 0 bridgehead atoms. The zero-order valence-electron chi connectivity index (χ0n) is 9.87. The minimum Gasteiger partial charge on any atom is -0.377 e. The fourth-order valence-electron chi connectivity index (χ4n) is 2.64. The summed E-state index contributed by atoms with van der Waals surface area (Å²) in [7, 11) is 2.25. The highest BCUT2D eigenvalue weighted by atomic mass is 16.5.